The average Bonchev–Trinajstić information content (AvgIpc) is 2.78. The molecule has 2 N–H and O–H groups in total. The van der Waals surface area contributed by atoms with E-state index in [1.54, 1.807) is 31.2 Å². The van der Waals surface area contributed by atoms with Gasteiger partial charge in [0.2, 0.25) is 0 Å². The van der Waals surface area contributed by atoms with Crippen molar-refractivity contribution in [2.45, 2.75) is 63.2 Å². The molecule has 0 spiro atoms. The first-order valence-corrected chi connectivity index (χ1v) is 10.6. The lowest BCUT2D eigenvalue weighted by Gasteiger charge is -2.40. The summed E-state index contributed by atoms with van der Waals surface area (Å²) in [6.45, 7) is 3.12. The summed E-state index contributed by atoms with van der Waals surface area (Å²) in [7, 11) is -4.65. The number of hydrazine groups is 1. The average molecular weight is 387 g/mol. The van der Waals surface area contributed by atoms with E-state index in [9.17, 15) is 19.1 Å². The summed E-state index contributed by atoms with van der Waals surface area (Å²) >= 11 is 5.96. The van der Waals surface area contributed by atoms with Crippen LogP contribution < -0.4 is 5.01 Å². The number of hydrogen-bond donors (Lipinski definition) is 2. The zero-order valence-electron chi connectivity index (χ0n) is 14.4. The Morgan fingerprint density at radius 1 is 1.16 bits per heavy atom. The smallest absolute Gasteiger partial charge is 0.324 e. The fourth-order valence-electron chi connectivity index (χ4n) is 3.95. The van der Waals surface area contributed by atoms with Gasteiger partial charge in [0.1, 0.15) is 0 Å². The van der Waals surface area contributed by atoms with Crippen molar-refractivity contribution in [3.63, 3.8) is 0 Å². The fraction of sp³-hybridized carbons (Fsp3) is 0.588. The normalized spacial score (nSPS) is 29.4. The summed E-state index contributed by atoms with van der Waals surface area (Å²) < 4.78 is 12.2. The van der Waals surface area contributed by atoms with Gasteiger partial charge < -0.3 is 9.79 Å². The minimum atomic E-state index is -4.65. The fourth-order valence-corrected chi connectivity index (χ4v) is 5.03. The molecule has 1 saturated carbocycles. The second-order valence-electron chi connectivity index (χ2n) is 7.13. The van der Waals surface area contributed by atoms with Gasteiger partial charge in [0.05, 0.1) is 11.7 Å². The van der Waals surface area contributed by atoms with Gasteiger partial charge in [-0.1, -0.05) is 30.9 Å². The molecule has 3 rings (SSSR count). The van der Waals surface area contributed by atoms with Crippen LogP contribution in [-0.4, -0.2) is 37.9 Å². The maximum Gasteiger partial charge on any atom is 0.342 e. The minimum Gasteiger partial charge on any atom is -0.324 e. The number of carbonyl (C=O) groups excluding carboxylic acids is 1. The van der Waals surface area contributed by atoms with Gasteiger partial charge in [0.25, 0.3) is 5.91 Å². The van der Waals surface area contributed by atoms with Crippen molar-refractivity contribution < 1.29 is 19.1 Å². The Labute approximate surface area is 152 Å². The molecule has 1 aromatic carbocycles. The Kier molecular flexibility index (Phi) is 5.04. The van der Waals surface area contributed by atoms with Crippen molar-refractivity contribution in [3.05, 3.63) is 29.3 Å². The van der Waals surface area contributed by atoms with E-state index in [0.29, 0.717) is 10.7 Å². The topological polar surface area (TPSA) is 81.1 Å². The number of amides is 1. The van der Waals surface area contributed by atoms with Crippen LogP contribution in [0.2, 0.25) is 5.02 Å². The monoisotopic (exact) mass is 386 g/mol. The van der Waals surface area contributed by atoms with Crippen LogP contribution in [-0.2, 0) is 9.36 Å². The Bertz CT molecular complexity index is 701. The van der Waals surface area contributed by atoms with Crippen LogP contribution in [0.25, 0.3) is 0 Å². The van der Waals surface area contributed by atoms with E-state index in [1.807, 2.05) is 5.01 Å². The maximum atomic E-state index is 13.2. The molecule has 1 amide bonds. The number of halogens is 1. The zero-order chi connectivity index (χ0) is 18.4. The summed E-state index contributed by atoms with van der Waals surface area (Å²) in [5, 5.41) is 2.15. The van der Waals surface area contributed by atoms with E-state index >= 15 is 0 Å². The molecule has 2 fully saturated rings. The Hall–Kier alpha value is -0.910. The SMILES string of the molecule is CC1N(C2CCCCC2)N(c2ccc(Cl)cc2)C(=O)C1(C)P(=O)(O)O. The molecule has 1 saturated heterocycles. The van der Waals surface area contributed by atoms with E-state index < -0.39 is 24.7 Å². The predicted octanol–water partition coefficient (Wildman–Crippen LogP) is 3.56. The third kappa shape index (κ3) is 3.04. The van der Waals surface area contributed by atoms with E-state index in [2.05, 4.69) is 0 Å². The van der Waals surface area contributed by atoms with Crippen molar-refractivity contribution in [1.29, 1.82) is 0 Å². The molecular weight excluding hydrogens is 363 g/mol. The van der Waals surface area contributed by atoms with Crippen LogP contribution in [0.1, 0.15) is 46.0 Å². The van der Waals surface area contributed by atoms with Crippen LogP contribution >= 0.6 is 19.2 Å². The summed E-state index contributed by atoms with van der Waals surface area (Å²) in [6, 6.07) is 6.29. The first kappa shape index (κ1) is 18.9. The molecule has 6 nitrogen and oxygen atoms in total. The molecule has 25 heavy (non-hydrogen) atoms. The second kappa shape index (κ2) is 6.67. The summed E-state index contributed by atoms with van der Waals surface area (Å²) in [4.78, 5) is 33.1. The summed E-state index contributed by atoms with van der Waals surface area (Å²) in [6.07, 6.45) is 5.10. The van der Waals surface area contributed by atoms with Gasteiger partial charge in [-0.15, -0.1) is 0 Å². The van der Waals surface area contributed by atoms with Gasteiger partial charge in [-0.05, 0) is 51.0 Å². The molecule has 2 unspecified atom stereocenters. The van der Waals surface area contributed by atoms with Gasteiger partial charge in [-0.2, -0.15) is 0 Å². The van der Waals surface area contributed by atoms with Crippen molar-refractivity contribution in [3.8, 4) is 0 Å². The van der Waals surface area contributed by atoms with E-state index in [1.165, 1.54) is 11.9 Å². The first-order valence-electron chi connectivity index (χ1n) is 8.62. The van der Waals surface area contributed by atoms with Crippen molar-refractivity contribution in [1.82, 2.24) is 5.01 Å². The highest BCUT2D eigenvalue weighted by molar-refractivity contribution is 7.55. The quantitative estimate of drug-likeness (QED) is 0.776. The molecule has 138 valence electrons. The van der Waals surface area contributed by atoms with Crippen LogP contribution in [0.3, 0.4) is 0 Å². The lowest BCUT2D eigenvalue weighted by Crippen LogP contribution is -2.50. The number of benzene rings is 1. The molecule has 1 heterocycles. The number of nitrogens with zero attached hydrogens (tertiary/aromatic N) is 2. The van der Waals surface area contributed by atoms with E-state index in [0.717, 1.165) is 32.1 Å². The van der Waals surface area contributed by atoms with Crippen LogP contribution in [0, 0.1) is 0 Å². The highest BCUT2D eigenvalue weighted by Crippen LogP contribution is 2.58. The molecule has 1 aliphatic heterocycles. The molecular formula is C17H24ClN2O4P. The molecule has 0 radical (unpaired) electrons. The zero-order valence-corrected chi connectivity index (χ0v) is 16.1. The van der Waals surface area contributed by atoms with Gasteiger partial charge in [-0.3, -0.25) is 9.36 Å². The third-order valence-corrected chi connectivity index (χ3v) is 7.72. The molecule has 8 heteroatoms. The Balaban J connectivity index is 2.09. The standard InChI is InChI=1S/C17H24ClN2O4P/c1-12-17(2,25(22,23)24)16(21)20(15-10-8-13(18)9-11-15)19(12)14-6-4-3-5-7-14/h8-12,14H,3-7H2,1-2H3,(H2,22,23,24). The molecule has 1 aromatic rings. The van der Waals surface area contributed by atoms with Crippen LogP contribution in [0.4, 0.5) is 5.69 Å². The summed E-state index contributed by atoms with van der Waals surface area (Å²) in [5.74, 6) is -0.554. The molecule has 1 aliphatic carbocycles. The second-order valence-corrected chi connectivity index (χ2v) is 9.59. The number of carbonyl (C=O) groups is 1. The number of rotatable bonds is 3. The highest BCUT2D eigenvalue weighted by atomic mass is 35.5. The molecule has 0 bridgehead atoms. The van der Waals surface area contributed by atoms with Crippen LogP contribution in [0.5, 0.6) is 0 Å². The Morgan fingerprint density at radius 2 is 1.72 bits per heavy atom. The molecule has 2 atom stereocenters. The van der Waals surface area contributed by atoms with Gasteiger partial charge in [0.15, 0.2) is 5.16 Å². The number of hydrogen-bond acceptors (Lipinski definition) is 3. The predicted molar refractivity (Wildman–Crippen MR) is 97.6 cm³/mol. The molecule has 2 aliphatic rings. The largest absolute Gasteiger partial charge is 0.342 e. The lowest BCUT2D eigenvalue weighted by molar-refractivity contribution is -0.120. The molecule has 0 aromatic heterocycles. The maximum absolute atomic E-state index is 13.2. The lowest BCUT2D eigenvalue weighted by atomic mass is 9.93. The first-order chi connectivity index (χ1) is 11.7. The van der Waals surface area contributed by atoms with Gasteiger partial charge >= 0.3 is 7.60 Å². The Morgan fingerprint density at radius 3 is 2.24 bits per heavy atom. The van der Waals surface area contributed by atoms with Crippen molar-refractivity contribution in [2.24, 2.45) is 0 Å². The number of anilines is 1. The van der Waals surface area contributed by atoms with Crippen molar-refractivity contribution >= 4 is 30.8 Å². The minimum absolute atomic E-state index is 0.0942. The van der Waals surface area contributed by atoms with E-state index in [-0.39, 0.29) is 6.04 Å². The van der Waals surface area contributed by atoms with Crippen molar-refractivity contribution in [2.75, 3.05) is 5.01 Å². The third-order valence-electron chi connectivity index (χ3n) is 5.69. The van der Waals surface area contributed by atoms with E-state index in [4.69, 9.17) is 11.6 Å². The highest BCUT2D eigenvalue weighted by Gasteiger charge is 2.64. The van der Waals surface area contributed by atoms with Crippen LogP contribution in [0.15, 0.2) is 24.3 Å². The van der Waals surface area contributed by atoms with Gasteiger partial charge in [-0.25, -0.2) is 10.0 Å². The summed E-state index contributed by atoms with van der Waals surface area (Å²) in [5.41, 5.74) is 0.587. The van der Waals surface area contributed by atoms with Gasteiger partial charge in [0, 0.05) is 11.1 Å².